The minimum absolute atomic E-state index is 0.0331. The van der Waals surface area contributed by atoms with E-state index in [1.54, 1.807) is 0 Å². The number of hydrogen-bond acceptors (Lipinski definition) is 3. The van der Waals surface area contributed by atoms with Gasteiger partial charge in [0.1, 0.15) is 6.04 Å². The van der Waals surface area contributed by atoms with Gasteiger partial charge in [0.25, 0.3) is 0 Å². The average Bonchev–Trinajstić information content (AvgIpc) is 2.93. The normalized spacial score (nSPS) is 21.4. The second-order valence-corrected chi connectivity index (χ2v) is 5.05. The van der Waals surface area contributed by atoms with E-state index in [0.29, 0.717) is 11.4 Å². The Hall–Kier alpha value is -2.35. The minimum Gasteiger partial charge on any atom is -0.480 e. The van der Waals surface area contributed by atoms with Crippen molar-refractivity contribution in [2.45, 2.75) is 24.7 Å². The predicted molar refractivity (Wildman–Crippen MR) is 70.1 cm³/mol. The number of aromatic nitrogens is 2. The van der Waals surface area contributed by atoms with Crippen LogP contribution >= 0.6 is 0 Å². The Balaban J connectivity index is 2.11. The number of aromatic amines is 1. The second-order valence-electron chi connectivity index (χ2n) is 5.05. The predicted octanol–water partition coefficient (Wildman–Crippen LogP) is 2.12. The Morgan fingerprint density at radius 1 is 1.32 bits per heavy atom. The van der Waals surface area contributed by atoms with Crippen molar-refractivity contribution in [2.75, 3.05) is 0 Å². The van der Waals surface area contributed by atoms with Crippen LogP contribution in [0.4, 0.5) is 13.2 Å². The number of aliphatic carboxylic acids is 1. The summed E-state index contributed by atoms with van der Waals surface area (Å²) in [5.41, 5.74) is 0.101. The van der Waals surface area contributed by atoms with Crippen molar-refractivity contribution in [3.05, 3.63) is 53.1 Å². The molecule has 0 spiro atoms. The van der Waals surface area contributed by atoms with E-state index in [1.807, 2.05) is 0 Å². The highest BCUT2D eigenvalue weighted by atomic mass is 19.4. The second kappa shape index (κ2) is 5.13. The standard InChI is InChI=1S/C14H12F3N3O2/c15-14(16,17)8-4-2-1-3-7(8)11-12-9(18-6-19-12)5-10(20-11)13(21)22/h1-4,6,10-11,20H,5H2,(H,18,19)(H,21,22)/t10-,11-/m0/s1. The van der Waals surface area contributed by atoms with E-state index < -0.39 is 29.8 Å². The van der Waals surface area contributed by atoms with Gasteiger partial charge in [0.05, 0.1) is 23.6 Å². The Kier molecular flexibility index (Phi) is 3.40. The van der Waals surface area contributed by atoms with Gasteiger partial charge >= 0.3 is 12.1 Å². The van der Waals surface area contributed by atoms with Crippen LogP contribution in [0, 0.1) is 0 Å². The van der Waals surface area contributed by atoms with Crippen molar-refractivity contribution in [3.8, 4) is 0 Å². The summed E-state index contributed by atoms with van der Waals surface area (Å²) >= 11 is 0. The molecule has 1 aromatic carbocycles. The molecule has 0 unspecified atom stereocenters. The molecule has 2 heterocycles. The molecule has 0 saturated carbocycles. The van der Waals surface area contributed by atoms with E-state index in [4.69, 9.17) is 0 Å². The maximum absolute atomic E-state index is 13.2. The summed E-state index contributed by atoms with van der Waals surface area (Å²) in [4.78, 5) is 18.1. The van der Waals surface area contributed by atoms with Crippen molar-refractivity contribution in [3.63, 3.8) is 0 Å². The van der Waals surface area contributed by atoms with Crippen LogP contribution < -0.4 is 5.32 Å². The van der Waals surface area contributed by atoms with Gasteiger partial charge in [-0.3, -0.25) is 10.1 Å². The molecule has 2 aromatic rings. The van der Waals surface area contributed by atoms with Crippen LogP contribution in [-0.2, 0) is 17.4 Å². The van der Waals surface area contributed by atoms with E-state index >= 15 is 0 Å². The van der Waals surface area contributed by atoms with Gasteiger partial charge in [0.15, 0.2) is 0 Å². The molecule has 0 saturated heterocycles. The number of imidazole rings is 1. The maximum Gasteiger partial charge on any atom is 0.416 e. The van der Waals surface area contributed by atoms with E-state index in [2.05, 4.69) is 15.3 Å². The lowest BCUT2D eigenvalue weighted by Gasteiger charge is -2.29. The van der Waals surface area contributed by atoms with Crippen LogP contribution in [0.3, 0.4) is 0 Å². The lowest BCUT2D eigenvalue weighted by atomic mass is 9.91. The third-order valence-corrected chi connectivity index (χ3v) is 3.68. The monoisotopic (exact) mass is 311 g/mol. The number of halogens is 3. The molecule has 0 radical (unpaired) electrons. The first-order chi connectivity index (χ1) is 10.4. The Labute approximate surface area is 123 Å². The van der Waals surface area contributed by atoms with Gasteiger partial charge < -0.3 is 10.1 Å². The number of H-pyrrole nitrogens is 1. The van der Waals surface area contributed by atoms with Crippen LogP contribution in [0.1, 0.15) is 28.6 Å². The third-order valence-electron chi connectivity index (χ3n) is 3.68. The molecule has 3 N–H and O–H groups in total. The van der Waals surface area contributed by atoms with Crippen molar-refractivity contribution in [1.29, 1.82) is 0 Å². The molecule has 0 bridgehead atoms. The van der Waals surface area contributed by atoms with Gasteiger partial charge in [-0.15, -0.1) is 0 Å². The van der Waals surface area contributed by atoms with Crippen LogP contribution in [0.15, 0.2) is 30.6 Å². The fourth-order valence-corrected chi connectivity index (χ4v) is 2.69. The van der Waals surface area contributed by atoms with E-state index in [1.165, 1.54) is 24.5 Å². The highest BCUT2D eigenvalue weighted by molar-refractivity contribution is 5.74. The SMILES string of the molecule is O=C(O)[C@@H]1Cc2[nH]cnc2[C@H](c2ccccc2C(F)(F)F)N1. The van der Waals surface area contributed by atoms with Gasteiger partial charge in [0.2, 0.25) is 0 Å². The zero-order valence-electron chi connectivity index (χ0n) is 11.2. The maximum atomic E-state index is 13.2. The number of rotatable bonds is 2. The summed E-state index contributed by atoms with van der Waals surface area (Å²) in [6, 6.07) is 3.21. The number of carboxylic acids is 1. The van der Waals surface area contributed by atoms with Crippen LogP contribution in [0.25, 0.3) is 0 Å². The molecule has 1 aliphatic heterocycles. The summed E-state index contributed by atoms with van der Waals surface area (Å²) in [6.45, 7) is 0. The summed E-state index contributed by atoms with van der Waals surface area (Å²) in [5, 5.41) is 11.9. The van der Waals surface area contributed by atoms with Gasteiger partial charge in [-0.05, 0) is 11.6 Å². The van der Waals surface area contributed by atoms with E-state index in [-0.39, 0.29) is 12.0 Å². The fourth-order valence-electron chi connectivity index (χ4n) is 2.69. The Morgan fingerprint density at radius 3 is 2.73 bits per heavy atom. The molecule has 1 aromatic heterocycles. The first kappa shape index (κ1) is 14.6. The fraction of sp³-hybridized carbons (Fsp3) is 0.286. The summed E-state index contributed by atoms with van der Waals surface area (Å²) in [7, 11) is 0. The molecule has 5 nitrogen and oxygen atoms in total. The number of nitrogens with one attached hydrogen (secondary N) is 2. The number of fused-ring (bicyclic) bond motifs is 1. The zero-order chi connectivity index (χ0) is 15.9. The molecule has 1 aliphatic rings. The van der Waals surface area contributed by atoms with Gasteiger partial charge in [-0.25, -0.2) is 4.98 Å². The molecule has 2 atom stereocenters. The average molecular weight is 311 g/mol. The number of hydrogen-bond donors (Lipinski definition) is 3. The van der Waals surface area contributed by atoms with Gasteiger partial charge in [-0.1, -0.05) is 18.2 Å². The number of nitrogens with zero attached hydrogens (tertiary/aromatic N) is 1. The quantitative estimate of drug-likeness (QED) is 0.794. The van der Waals surface area contributed by atoms with Gasteiger partial charge in [0, 0.05) is 12.1 Å². The van der Waals surface area contributed by atoms with E-state index in [9.17, 15) is 23.1 Å². The molecular formula is C14H12F3N3O2. The van der Waals surface area contributed by atoms with E-state index in [0.717, 1.165) is 6.07 Å². The summed E-state index contributed by atoms with van der Waals surface area (Å²) < 4.78 is 39.6. The first-order valence-electron chi connectivity index (χ1n) is 6.55. The zero-order valence-corrected chi connectivity index (χ0v) is 11.2. The van der Waals surface area contributed by atoms with Gasteiger partial charge in [-0.2, -0.15) is 13.2 Å². The lowest BCUT2D eigenvalue weighted by molar-refractivity contribution is -0.139. The Bertz CT molecular complexity index is 711. The highest BCUT2D eigenvalue weighted by Gasteiger charge is 2.39. The van der Waals surface area contributed by atoms with Crippen molar-refractivity contribution < 1.29 is 23.1 Å². The first-order valence-corrected chi connectivity index (χ1v) is 6.55. The number of carbonyl (C=O) groups is 1. The lowest BCUT2D eigenvalue weighted by Crippen LogP contribution is -2.45. The largest absolute Gasteiger partial charge is 0.480 e. The van der Waals surface area contributed by atoms with Crippen LogP contribution in [-0.4, -0.2) is 27.1 Å². The highest BCUT2D eigenvalue weighted by Crippen LogP contribution is 2.38. The topological polar surface area (TPSA) is 78.0 Å². The number of benzene rings is 1. The summed E-state index contributed by atoms with van der Waals surface area (Å²) in [5.74, 6) is -1.12. The molecule has 22 heavy (non-hydrogen) atoms. The number of alkyl halides is 3. The van der Waals surface area contributed by atoms with Crippen LogP contribution in [0.2, 0.25) is 0 Å². The molecule has 0 amide bonds. The number of carboxylic acid groups (broad SMARTS) is 1. The van der Waals surface area contributed by atoms with Crippen molar-refractivity contribution >= 4 is 5.97 Å². The molecule has 8 heteroatoms. The molecule has 0 aliphatic carbocycles. The summed E-state index contributed by atoms with van der Waals surface area (Å²) in [6.07, 6.45) is -3.01. The molecule has 0 fully saturated rings. The molecule has 3 rings (SSSR count). The van der Waals surface area contributed by atoms with Crippen molar-refractivity contribution in [1.82, 2.24) is 15.3 Å². The Morgan fingerprint density at radius 2 is 2.05 bits per heavy atom. The van der Waals surface area contributed by atoms with Crippen LogP contribution in [0.5, 0.6) is 0 Å². The smallest absolute Gasteiger partial charge is 0.416 e. The third kappa shape index (κ3) is 2.45. The van der Waals surface area contributed by atoms with Crippen molar-refractivity contribution in [2.24, 2.45) is 0 Å². The molecular weight excluding hydrogens is 299 g/mol. The molecule has 116 valence electrons. The minimum atomic E-state index is -4.52.